The molecule has 1 aromatic rings. The summed E-state index contributed by atoms with van der Waals surface area (Å²) in [4.78, 5) is 10.5. The Kier molecular flexibility index (Phi) is 2.76. The van der Waals surface area contributed by atoms with Crippen molar-refractivity contribution in [2.45, 2.75) is 6.92 Å². The van der Waals surface area contributed by atoms with Gasteiger partial charge >= 0.3 is 5.97 Å². The van der Waals surface area contributed by atoms with Gasteiger partial charge in [-0.15, -0.1) is 0 Å². The number of carboxylic acids is 1. The van der Waals surface area contributed by atoms with Crippen molar-refractivity contribution in [1.29, 1.82) is 0 Å². The molecule has 74 valence electrons. The number of rotatable bonds is 2. The van der Waals surface area contributed by atoms with Crippen molar-refractivity contribution in [3.05, 3.63) is 29.3 Å². The van der Waals surface area contributed by atoms with Crippen LogP contribution in [0.5, 0.6) is 11.5 Å². The van der Waals surface area contributed by atoms with Gasteiger partial charge in [0.05, 0.1) is 0 Å². The van der Waals surface area contributed by atoms with E-state index in [1.165, 1.54) is 25.1 Å². The molecule has 0 aromatic heterocycles. The van der Waals surface area contributed by atoms with Gasteiger partial charge in [0, 0.05) is 5.57 Å². The van der Waals surface area contributed by atoms with Crippen LogP contribution in [0.1, 0.15) is 12.5 Å². The molecule has 0 bridgehead atoms. The second-order valence-electron chi connectivity index (χ2n) is 2.85. The maximum atomic E-state index is 11.2. The van der Waals surface area contributed by atoms with Gasteiger partial charge in [-0.1, -0.05) is 11.8 Å². The fourth-order valence-corrected chi connectivity index (χ4v) is 0.937. The Hall–Kier alpha value is -1.97. The molecular weight excluding hydrogens is 184 g/mol. The summed E-state index contributed by atoms with van der Waals surface area (Å²) in [6.07, 6.45) is 1.27. The monoisotopic (exact) mass is 193 g/mol. The lowest BCUT2D eigenvalue weighted by Gasteiger charge is -2.10. The van der Waals surface area contributed by atoms with Crippen LogP contribution in [-0.2, 0) is 4.79 Å². The lowest BCUT2D eigenvalue weighted by molar-refractivity contribution is -0.268. The minimum Gasteiger partial charge on any atom is -0.872 e. The van der Waals surface area contributed by atoms with Crippen LogP contribution in [0.4, 0.5) is 0 Å². The zero-order chi connectivity index (χ0) is 10.7. The summed E-state index contributed by atoms with van der Waals surface area (Å²) in [7, 11) is 0. The van der Waals surface area contributed by atoms with E-state index in [0.717, 1.165) is 6.07 Å². The van der Waals surface area contributed by atoms with Gasteiger partial charge in [0.2, 0.25) is 0 Å². The van der Waals surface area contributed by atoms with Gasteiger partial charge in [-0.05, 0) is 30.7 Å². The van der Waals surface area contributed by atoms with Crippen LogP contribution in [0.25, 0.3) is 6.08 Å². The number of aromatic hydroxyl groups is 1. The molecule has 0 aliphatic rings. The predicted octanol–water partition coefficient (Wildman–Crippen LogP) is 0.954. The fourth-order valence-electron chi connectivity index (χ4n) is 0.937. The van der Waals surface area contributed by atoms with Crippen molar-refractivity contribution < 1.29 is 20.1 Å². The van der Waals surface area contributed by atoms with Crippen molar-refractivity contribution >= 4 is 12.0 Å². The van der Waals surface area contributed by atoms with Crippen LogP contribution in [-0.4, -0.2) is 16.2 Å². The van der Waals surface area contributed by atoms with E-state index in [1.54, 1.807) is 0 Å². The summed E-state index contributed by atoms with van der Waals surface area (Å²) in [6, 6.07) is 3.76. The van der Waals surface area contributed by atoms with Gasteiger partial charge in [-0.3, -0.25) is 0 Å². The minimum atomic E-state index is -1.07. The average Bonchev–Trinajstić information content (AvgIpc) is 2.09. The molecule has 0 atom stereocenters. The van der Waals surface area contributed by atoms with Crippen LogP contribution in [0.3, 0.4) is 0 Å². The van der Waals surface area contributed by atoms with Gasteiger partial charge in [0.1, 0.15) is 5.75 Å². The highest BCUT2D eigenvalue weighted by Crippen LogP contribution is 2.22. The first-order chi connectivity index (χ1) is 6.50. The molecule has 0 saturated heterocycles. The molecule has 0 fully saturated rings. The Morgan fingerprint density at radius 3 is 2.64 bits per heavy atom. The third kappa shape index (κ3) is 2.26. The molecule has 14 heavy (non-hydrogen) atoms. The SMILES string of the molecule is C/C(=C\c1ccc(O)cc1[O-])C(=O)O. The molecular formula is C10H9O4-. The molecule has 4 heteroatoms. The summed E-state index contributed by atoms with van der Waals surface area (Å²) >= 11 is 0. The standard InChI is InChI=1S/C10H10O4/c1-6(10(13)14)4-7-2-3-8(11)5-9(7)12/h2-5,11-12H,1H3,(H,13,14)/p-1/b6-4+. The van der Waals surface area contributed by atoms with E-state index in [1.807, 2.05) is 0 Å². The van der Waals surface area contributed by atoms with Gasteiger partial charge in [0.25, 0.3) is 0 Å². The van der Waals surface area contributed by atoms with Gasteiger partial charge in [-0.2, -0.15) is 0 Å². The average molecular weight is 193 g/mol. The number of phenolic OH excluding ortho intramolecular Hbond substituents is 1. The number of carboxylic acid groups (broad SMARTS) is 1. The topological polar surface area (TPSA) is 80.6 Å². The third-order valence-corrected chi connectivity index (χ3v) is 1.71. The quantitative estimate of drug-likeness (QED) is 0.685. The van der Waals surface area contributed by atoms with Gasteiger partial charge < -0.3 is 15.3 Å². The molecule has 0 radical (unpaired) electrons. The lowest BCUT2D eigenvalue weighted by Crippen LogP contribution is -1.97. The highest BCUT2D eigenvalue weighted by molar-refractivity contribution is 5.91. The van der Waals surface area contributed by atoms with Gasteiger partial charge in [-0.25, -0.2) is 4.79 Å². The van der Waals surface area contributed by atoms with Crippen molar-refractivity contribution in [2.75, 3.05) is 0 Å². The fraction of sp³-hybridized carbons (Fsp3) is 0.100. The van der Waals surface area contributed by atoms with E-state index in [9.17, 15) is 9.90 Å². The van der Waals surface area contributed by atoms with Crippen molar-refractivity contribution in [2.24, 2.45) is 0 Å². The van der Waals surface area contributed by atoms with E-state index >= 15 is 0 Å². The maximum absolute atomic E-state index is 11.2. The van der Waals surface area contributed by atoms with E-state index in [-0.39, 0.29) is 16.9 Å². The van der Waals surface area contributed by atoms with Crippen molar-refractivity contribution in [3.8, 4) is 11.5 Å². The lowest BCUT2D eigenvalue weighted by atomic mass is 10.1. The van der Waals surface area contributed by atoms with E-state index in [2.05, 4.69) is 0 Å². The highest BCUT2D eigenvalue weighted by Gasteiger charge is 2.00. The molecule has 0 unspecified atom stereocenters. The van der Waals surface area contributed by atoms with Crippen molar-refractivity contribution in [3.63, 3.8) is 0 Å². The Bertz CT molecular complexity index is 393. The predicted molar refractivity (Wildman–Crippen MR) is 48.8 cm³/mol. The zero-order valence-corrected chi connectivity index (χ0v) is 7.52. The number of aliphatic carboxylic acids is 1. The number of phenols is 1. The van der Waals surface area contributed by atoms with Crippen LogP contribution < -0.4 is 5.11 Å². The van der Waals surface area contributed by atoms with Crippen LogP contribution in [0, 0.1) is 0 Å². The molecule has 0 saturated carbocycles. The number of hydrogen-bond acceptors (Lipinski definition) is 3. The molecule has 0 heterocycles. The Morgan fingerprint density at radius 2 is 2.14 bits per heavy atom. The van der Waals surface area contributed by atoms with E-state index < -0.39 is 11.7 Å². The van der Waals surface area contributed by atoms with Gasteiger partial charge in [0.15, 0.2) is 0 Å². The molecule has 0 aliphatic carbocycles. The minimum absolute atomic E-state index is 0.0767. The summed E-state index contributed by atoms with van der Waals surface area (Å²) in [5.74, 6) is -1.59. The number of hydrogen-bond donors (Lipinski definition) is 2. The molecule has 4 nitrogen and oxygen atoms in total. The van der Waals surface area contributed by atoms with E-state index in [0.29, 0.717) is 0 Å². The summed E-state index contributed by atoms with van der Waals surface area (Å²) in [6.45, 7) is 1.40. The van der Waals surface area contributed by atoms with E-state index in [4.69, 9.17) is 10.2 Å². The second kappa shape index (κ2) is 3.83. The number of carbonyl (C=O) groups is 1. The third-order valence-electron chi connectivity index (χ3n) is 1.71. The molecule has 2 N–H and O–H groups in total. The summed E-state index contributed by atoms with van der Waals surface area (Å²) in [5.41, 5.74) is 0.329. The first-order valence-electron chi connectivity index (χ1n) is 3.92. The maximum Gasteiger partial charge on any atom is 0.331 e. The molecule has 1 aromatic carbocycles. The van der Waals surface area contributed by atoms with Crippen LogP contribution in [0.2, 0.25) is 0 Å². The first-order valence-corrected chi connectivity index (χ1v) is 3.92. The normalized spacial score (nSPS) is 11.4. The smallest absolute Gasteiger partial charge is 0.331 e. The van der Waals surface area contributed by atoms with Crippen molar-refractivity contribution in [1.82, 2.24) is 0 Å². The second-order valence-corrected chi connectivity index (χ2v) is 2.85. The molecule has 0 aliphatic heterocycles. The zero-order valence-electron chi connectivity index (χ0n) is 7.52. The highest BCUT2D eigenvalue weighted by atomic mass is 16.4. The first kappa shape index (κ1) is 10.1. The molecule has 0 spiro atoms. The Labute approximate surface area is 80.7 Å². The Morgan fingerprint density at radius 1 is 1.50 bits per heavy atom. The largest absolute Gasteiger partial charge is 0.872 e. The summed E-state index contributed by atoms with van der Waals surface area (Å²) in [5, 5.41) is 28.7. The Balaban J connectivity index is 3.09. The number of benzene rings is 1. The molecule has 0 amide bonds. The van der Waals surface area contributed by atoms with Crippen LogP contribution in [0.15, 0.2) is 23.8 Å². The summed E-state index contributed by atoms with van der Waals surface area (Å²) < 4.78 is 0. The van der Waals surface area contributed by atoms with Crippen LogP contribution >= 0.6 is 0 Å². The molecule has 1 rings (SSSR count).